The maximum Gasteiger partial charge on any atom is 0.261 e. The molecule has 0 saturated heterocycles. The minimum absolute atomic E-state index is 0.175. The van der Waals surface area contributed by atoms with Gasteiger partial charge in [-0.25, -0.2) is 13.4 Å². The van der Waals surface area contributed by atoms with E-state index in [1.54, 1.807) is 60.7 Å². The minimum Gasteiger partial charge on any atom is -0.301 e. The predicted octanol–water partition coefficient (Wildman–Crippen LogP) is 6.30. The number of hydrogen-bond donors (Lipinski definition) is 2. The number of thioether (sulfide) groups is 1. The molecule has 0 radical (unpaired) electrons. The molecular formula is C24H20ClN3O3S3. The summed E-state index contributed by atoms with van der Waals surface area (Å²) in [4.78, 5) is 17.8. The van der Waals surface area contributed by atoms with E-state index < -0.39 is 10.0 Å². The lowest BCUT2D eigenvalue weighted by atomic mass is 10.2. The van der Waals surface area contributed by atoms with E-state index in [-0.39, 0.29) is 16.6 Å². The molecule has 2 N–H and O–H groups in total. The molecule has 0 spiro atoms. The van der Waals surface area contributed by atoms with Crippen LogP contribution in [-0.2, 0) is 14.8 Å². The van der Waals surface area contributed by atoms with Crippen LogP contribution in [0.4, 0.5) is 10.8 Å². The van der Waals surface area contributed by atoms with Crippen LogP contribution in [0.2, 0.25) is 5.02 Å². The molecule has 6 nitrogen and oxygen atoms in total. The lowest BCUT2D eigenvalue weighted by Crippen LogP contribution is -2.14. The molecule has 0 unspecified atom stereocenters. The van der Waals surface area contributed by atoms with E-state index in [4.69, 9.17) is 11.6 Å². The summed E-state index contributed by atoms with van der Waals surface area (Å²) < 4.78 is 27.6. The zero-order valence-electron chi connectivity index (χ0n) is 18.0. The number of carbonyl (C=O) groups is 1. The third kappa shape index (κ3) is 6.38. The van der Waals surface area contributed by atoms with Crippen LogP contribution >= 0.6 is 34.7 Å². The van der Waals surface area contributed by atoms with Gasteiger partial charge in [0.1, 0.15) is 0 Å². The molecule has 174 valence electrons. The number of thiazole rings is 1. The standard InChI is InChI=1S/C24H20ClN3O3S3/c1-16-2-12-21(13-3-16)34(30,31)28-19-8-10-20(11-9-19)32-15-23(29)27-24-26-22(14-33-24)17-4-6-18(25)7-5-17/h2-14,28H,15H2,1H3,(H,26,27,29). The smallest absolute Gasteiger partial charge is 0.261 e. The molecule has 4 aromatic rings. The van der Waals surface area contributed by atoms with Crippen molar-refractivity contribution in [3.05, 3.63) is 88.8 Å². The van der Waals surface area contributed by atoms with Gasteiger partial charge in [-0.3, -0.25) is 9.52 Å². The van der Waals surface area contributed by atoms with Crippen LogP contribution in [0.25, 0.3) is 11.3 Å². The second kappa shape index (κ2) is 10.6. The quantitative estimate of drug-likeness (QED) is 0.261. The van der Waals surface area contributed by atoms with Crippen molar-refractivity contribution in [1.29, 1.82) is 0 Å². The van der Waals surface area contributed by atoms with Crippen molar-refractivity contribution in [2.75, 3.05) is 15.8 Å². The van der Waals surface area contributed by atoms with Crippen molar-refractivity contribution < 1.29 is 13.2 Å². The van der Waals surface area contributed by atoms with E-state index in [1.807, 2.05) is 24.4 Å². The van der Waals surface area contributed by atoms with Gasteiger partial charge in [0.25, 0.3) is 10.0 Å². The number of anilines is 2. The van der Waals surface area contributed by atoms with E-state index in [0.717, 1.165) is 21.7 Å². The zero-order valence-corrected chi connectivity index (χ0v) is 21.2. The fourth-order valence-corrected chi connectivity index (χ4v) is 5.56. The van der Waals surface area contributed by atoms with Gasteiger partial charge >= 0.3 is 0 Å². The lowest BCUT2D eigenvalue weighted by molar-refractivity contribution is -0.113. The highest BCUT2D eigenvalue weighted by atomic mass is 35.5. The molecule has 0 aliphatic rings. The van der Waals surface area contributed by atoms with Gasteiger partial charge in [-0.1, -0.05) is 41.4 Å². The van der Waals surface area contributed by atoms with Gasteiger partial charge in [-0.2, -0.15) is 0 Å². The molecule has 4 rings (SSSR count). The van der Waals surface area contributed by atoms with Crippen LogP contribution in [-0.4, -0.2) is 25.1 Å². The number of sulfonamides is 1. The van der Waals surface area contributed by atoms with Crippen molar-refractivity contribution in [2.45, 2.75) is 16.7 Å². The number of aromatic nitrogens is 1. The van der Waals surface area contributed by atoms with Crippen LogP contribution < -0.4 is 10.0 Å². The molecule has 3 aromatic carbocycles. The highest BCUT2D eigenvalue weighted by molar-refractivity contribution is 8.00. The predicted molar refractivity (Wildman–Crippen MR) is 140 cm³/mol. The summed E-state index contributed by atoms with van der Waals surface area (Å²) in [5.41, 5.74) is 3.13. The third-order valence-corrected chi connectivity index (χ3v) is 8.12. The highest BCUT2D eigenvalue weighted by Gasteiger charge is 2.14. The van der Waals surface area contributed by atoms with Gasteiger partial charge < -0.3 is 5.32 Å². The fourth-order valence-electron chi connectivity index (χ4n) is 2.94. The number of nitrogens with zero attached hydrogens (tertiary/aromatic N) is 1. The Balaban J connectivity index is 1.30. The maximum absolute atomic E-state index is 12.5. The molecule has 0 saturated carbocycles. The van der Waals surface area contributed by atoms with E-state index in [2.05, 4.69) is 15.0 Å². The number of hydrogen-bond acceptors (Lipinski definition) is 6. The second-order valence-corrected chi connectivity index (χ2v) is 11.4. The number of halogens is 1. The molecule has 1 heterocycles. The van der Waals surface area contributed by atoms with Gasteiger partial charge in [-0.15, -0.1) is 23.1 Å². The van der Waals surface area contributed by atoms with E-state index in [1.165, 1.54) is 23.1 Å². The molecule has 1 amide bonds. The first kappa shape index (κ1) is 24.3. The molecular weight excluding hydrogens is 510 g/mol. The molecule has 10 heteroatoms. The van der Waals surface area contributed by atoms with Crippen molar-refractivity contribution in [3.8, 4) is 11.3 Å². The number of rotatable bonds is 8. The van der Waals surface area contributed by atoms with Gasteiger partial charge in [0.05, 0.1) is 16.3 Å². The Kier molecular flexibility index (Phi) is 7.57. The van der Waals surface area contributed by atoms with Crippen molar-refractivity contribution >= 4 is 61.4 Å². The number of nitrogens with one attached hydrogen (secondary N) is 2. The molecule has 0 bridgehead atoms. The summed E-state index contributed by atoms with van der Waals surface area (Å²) in [6.07, 6.45) is 0. The maximum atomic E-state index is 12.5. The van der Waals surface area contributed by atoms with Crippen molar-refractivity contribution in [2.24, 2.45) is 0 Å². The van der Waals surface area contributed by atoms with Crippen LogP contribution in [0.5, 0.6) is 0 Å². The number of benzene rings is 3. The molecule has 0 aliphatic heterocycles. The summed E-state index contributed by atoms with van der Waals surface area (Å²) in [5.74, 6) is 0.0239. The van der Waals surface area contributed by atoms with E-state index in [0.29, 0.717) is 15.8 Å². The summed E-state index contributed by atoms with van der Waals surface area (Å²) in [6.45, 7) is 1.90. The summed E-state index contributed by atoms with van der Waals surface area (Å²) in [5, 5.41) is 5.86. The molecule has 0 fully saturated rings. The Morgan fingerprint density at radius 2 is 1.68 bits per heavy atom. The van der Waals surface area contributed by atoms with Gasteiger partial charge in [0.2, 0.25) is 5.91 Å². The molecule has 0 atom stereocenters. The number of aryl methyl sites for hydroxylation is 1. The summed E-state index contributed by atoms with van der Waals surface area (Å²) in [7, 11) is -3.66. The Labute approximate surface area is 211 Å². The number of carbonyl (C=O) groups excluding carboxylic acids is 1. The Bertz CT molecular complexity index is 1390. The Hall–Kier alpha value is -2.85. The second-order valence-electron chi connectivity index (χ2n) is 7.32. The molecule has 1 aromatic heterocycles. The van der Waals surface area contributed by atoms with Crippen LogP contribution in [0.1, 0.15) is 5.56 Å². The first-order valence-electron chi connectivity index (χ1n) is 10.1. The first-order valence-corrected chi connectivity index (χ1v) is 13.8. The average molecular weight is 530 g/mol. The zero-order chi connectivity index (χ0) is 24.1. The van der Waals surface area contributed by atoms with Gasteiger partial charge in [0.15, 0.2) is 5.13 Å². The number of amides is 1. The molecule has 34 heavy (non-hydrogen) atoms. The van der Waals surface area contributed by atoms with E-state index >= 15 is 0 Å². The SMILES string of the molecule is Cc1ccc(S(=O)(=O)Nc2ccc(SCC(=O)Nc3nc(-c4ccc(Cl)cc4)cs3)cc2)cc1. The average Bonchev–Trinajstić information content (AvgIpc) is 3.27. The topological polar surface area (TPSA) is 88.2 Å². The van der Waals surface area contributed by atoms with Gasteiger partial charge in [-0.05, 0) is 55.5 Å². The lowest BCUT2D eigenvalue weighted by Gasteiger charge is -2.09. The summed E-state index contributed by atoms with van der Waals surface area (Å²) >= 11 is 8.62. The Morgan fingerprint density at radius 3 is 2.35 bits per heavy atom. The highest BCUT2D eigenvalue weighted by Crippen LogP contribution is 2.27. The molecule has 0 aliphatic carbocycles. The monoisotopic (exact) mass is 529 g/mol. The first-order chi connectivity index (χ1) is 16.3. The van der Waals surface area contributed by atoms with Crippen LogP contribution in [0.15, 0.2) is 88.0 Å². The van der Waals surface area contributed by atoms with Crippen LogP contribution in [0, 0.1) is 6.92 Å². The third-order valence-electron chi connectivity index (χ3n) is 4.70. The van der Waals surface area contributed by atoms with Crippen molar-refractivity contribution in [1.82, 2.24) is 4.98 Å². The fraction of sp³-hybridized carbons (Fsp3) is 0.0833. The van der Waals surface area contributed by atoms with Gasteiger partial charge in [0, 0.05) is 26.5 Å². The normalized spacial score (nSPS) is 11.2. The van der Waals surface area contributed by atoms with Crippen molar-refractivity contribution in [3.63, 3.8) is 0 Å². The van der Waals surface area contributed by atoms with E-state index in [9.17, 15) is 13.2 Å². The minimum atomic E-state index is -3.66. The largest absolute Gasteiger partial charge is 0.301 e. The summed E-state index contributed by atoms with van der Waals surface area (Å²) in [6, 6.07) is 20.9. The Morgan fingerprint density at radius 1 is 1.00 bits per heavy atom. The van der Waals surface area contributed by atoms with Crippen LogP contribution in [0.3, 0.4) is 0 Å².